The maximum Gasteiger partial charge on any atom is 0.318 e. The highest BCUT2D eigenvalue weighted by Crippen LogP contribution is 2.29. The van der Waals surface area contributed by atoms with Crippen molar-refractivity contribution >= 4 is 6.03 Å². The Morgan fingerprint density at radius 1 is 1.18 bits per heavy atom. The van der Waals surface area contributed by atoms with Crippen molar-refractivity contribution in [2.75, 3.05) is 6.54 Å². The van der Waals surface area contributed by atoms with Gasteiger partial charge in [0.15, 0.2) is 0 Å². The van der Waals surface area contributed by atoms with Crippen molar-refractivity contribution < 1.29 is 4.79 Å². The van der Waals surface area contributed by atoms with Crippen molar-refractivity contribution in [3.05, 3.63) is 59.2 Å². The van der Waals surface area contributed by atoms with Crippen LogP contribution in [0.15, 0.2) is 36.5 Å². The Morgan fingerprint density at radius 2 is 2.04 bits per heavy atom. The average molecular weight is 377 g/mol. The zero-order chi connectivity index (χ0) is 19.1. The summed E-state index contributed by atoms with van der Waals surface area (Å²) in [5.41, 5.74) is 5.33. The summed E-state index contributed by atoms with van der Waals surface area (Å²) < 4.78 is 3.80. The van der Waals surface area contributed by atoms with E-state index >= 15 is 0 Å². The molecule has 3 heterocycles. The molecule has 0 radical (unpaired) electrons. The van der Waals surface area contributed by atoms with E-state index in [9.17, 15) is 4.79 Å². The standard InChI is InChI=1S/C20H23N7O/c1-25-18-9-5-8-16(15(18)12-21-25)22-20(28)26-11-10-19-17(13-26)23-24-27(19)14-6-3-2-4-7-14/h2-4,6-7,12,16H,5,8-11,13H2,1H3,(H,22,28). The van der Waals surface area contributed by atoms with E-state index in [1.165, 1.54) is 5.69 Å². The van der Waals surface area contributed by atoms with Gasteiger partial charge in [0.25, 0.3) is 0 Å². The topological polar surface area (TPSA) is 80.9 Å². The summed E-state index contributed by atoms with van der Waals surface area (Å²) in [7, 11) is 1.96. The summed E-state index contributed by atoms with van der Waals surface area (Å²) in [4.78, 5) is 14.7. The van der Waals surface area contributed by atoms with Crippen LogP contribution in [0.5, 0.6) is 0 Å². The number of amides is 2. The maximum atomic E-state index is 12.9. The lowest BCUT2D eigenvalue weighted by molar-refractivity contribution is 0.185. The summed E-state index contributed by atoms with van der Waals surface area (Å²) in [6.45, 7) is 1.15. The van der Waals surface area contributed by atoms with E-state index in [-0.39, 0.29) is 12.1 Å². The molecule has 1 aliphatic carbocycles. The van der Waals surface area contributed by atoms with Gasteiger partial charge in [-0.15, -0.1) is 5.10 Å². The van der Waals surface area contributed by atoms with Gasteiger partial charge >= 0.3 is 6.03 Å². The van der Waals surface area contributed by atoms with Crippen LogP contribution < -0.4 is 5.32 Å². The van der Waals surface area contributed by atoms with Gasteiger partial charge < -0.3 is 10.2 Å². The van der Waals surface area contributed by atoms with E-state index in [0.717, 1.165) is 48.3 Å². The first-order chi connectivity index (χ1) is 13.7. The van der Waals surface area contributed by atoms with Gasteiger partial charge in [0, 0.05) is 31.3 Å². The molecule has 8 heteroatoms. The van der Waals surface area contributed by atoms with Crippen molar-refractivity contribution in [2.45, 2.75) is 38.3 Å². The Hall–Kier alpha value is -3.16. The van der Waals surface area contributed by atoms with Gasteiger partial charge in [-0.3, -0.25) is 4.68 Å². The van der Waals surface area contributed by atoms with E-state index in [2.05, 4.69) is 20.7 Å². The van der Waals surface area contributed by atoms with E-state index in [4.69, 9.17) is 0 Å². The number of carbonyl (C=O) groups is 1. The minimum atomic E-state index is -0.0402. The van der Waals surface area contributed by atoms with E-state index in [1.807, 2.05) is 57.8 Å². The second-order valence-electron chi connectivity index (χ2n) is 7.47. The summed E-state index contributed by atoms with van der Waals surface area (Å²) in [5.74, 6) is 0. The maximum absolute atomic E-state index is 12.9. The fraction of sp³-hybridized carbons (Fsp3) is 0.400. The molecule has 144 valence electrons. The van der Waals surface area contributed by atoms with Crippen molar-refractivity contribution in [3.8, 4) is 5.69 Å². The van der Waals surface area contributed by atoms with Crippen LogP contribution in [-0.2, 0) is 26.4 Å². The van der Waals surface area contributed by atoms with Crippen LogP contribution in [0.4, 0.5) is 4.79 Å². The van der Waals surface area contributed by atoms with E-state index in [1.54, 1.807) is 0 Å². The molecule has 5 rings (SSSR count). The molecule has 0 saturated carbocycles. The van der Waals surface area contributed by atoms with Gasteiger partial charge in [0.1, 0.15) is 5.69 Å². The Labute approximate surface area is 163 Å². The van der Waals surface area contributed by atoms with Gasteiger partial charge in [0.2, 0.25) is 0 Å². The molecule has 1 N–H and O–H groups in total. The summed E-state index contributed by atoms with van der Waals surface area (Å²) in [6, 6.07) is 9.99. The molecule has 8 nitrogen and oxygen atoms in total. The molecule has 1 aliphatic heterocycles. The predicted octanol–water partition coefficient (Wildman–Crippen LogP) is 2.15. The molecular weight excluding hydrogens is 354 g/mol. The van der Waals surface area contributed by atoms with Crippen molar-refractivity contribution in [1.82, 2.24) is 35.0 Å². The van der Waals surface area contributed by atoms with E-state index in [0.29, 0.717) is 13.1 Å². The second kappa shape index (κ2) is 6.78. The van der Waals surface area contributed by atoms with Crippen molar-refractivity contribution in [2.24, 2.45) is 7.05 Å². The second-order valence-corrected chi connectivity index (χ2v) is 7.47. The van der Waals surface area contributed by atoms with Crippen molar-refractivity contribution in [1.29, 1.82) is 0 Å². The smallest absolute Gasteiger partial charge is 0.318 e. The normalized spacial score (nSPS) is 18.5. The number of hydrogen-bond acceptors (Lipinski definition) is 4. The van der Waals surface area contributed by atoms with Gasteiger partial charge in [-0.1, -0.05) is 23.4 Å². The van der Waals surface area contributed by atoms with Crippen LogP contribution in [0.2, 0.25) is 0 Å². The lowest BCUT2D eigenvalue weighted by Gasteiger charge is -2.30. The average Bonchev–Trinajstić information content (AvgIpc) is 3.33. The van der Waals surface area contributed by atoms with Crippen LogP contribution in [0, 0.1) is 0 Å². The third-order valence-electron chi connectivity index (χ3n) is 5.76. The number of para-hydroxylation sites is 1. The summed E-state index contributed by atoms with van der Waals surface area (Å²) in [6.07, 6.45) is 5.67. The Balaban J connectivity index is 1.31. The highest BCUT2D eigenvalue weighted by Gasteiger charge is 2.29. The molecule has 0 spiro atoms. The Morgan fingerprint density at radius 3 is 2.89 bits per heavy atom. The molecule has 2 amide bonds. The molecule has 2 aliphatic rings. The monoisotopic (exact) mass is 377 g/mol. The molecule has 0 saturated heterocycles. The molecule has 28 heavy (non-hydrogen) atoms. The Kier molecular flexibility index (Phi) is 4.11. The highest BCUT2D eigenvalue weighted by atomic mass is 16.2. The number of nitrogens with one attached hydrogen (secondary N) is 1. The minimum Gasteiger partial charge on any atom is -0.331 e. The van der Waals surface area contributed by atoms with Crippen LogP contribution >= 0.6 is 0 Å². The van der Waals surface area contributed by atoms with Crippen LogP contribution in [0.3, 0.4) is 0 Å². The van der Waals surface area contributed by atoms with Crippen LogP contribution in [-0.4, -0.2) is 42.3 Å². The first kappa shape index (κ1) is 17.0. The number of hydrogen-bond donors (Lipinski definition) is 1. The number of carbonyl (C=O) groups excluding carboxylic acids is 1. The summed E-state index contributed by atoms with van der Waals surface area (Å²) >= 11 is 0. The molecular formula is C20H23N7O. The largest absolute Gasteiger partial charge is 0.331 e. The third kappa shape index (κ3) is 2.85. The Bertz CT molecular complexity index is 1010. The first-order valence-corrected chi connectivity index (χ1v) is 9.76. The van der Waals surface area contributed by atoms with Crippen molar-refractivity contribution in [3.63, 3.8) is 0 Å². The zero-order valence-electron chi connectivity index (χ0n) is 15.9. The zero-order valence-corrected chi connectivity index (χ0v) is 15.9. The number of nitrogens with zero attached hydrogens (tertiary/aromatic N) is 6. The number of aryl methyl sites for hydroxylation is 1. The lowest BCUT2D eigenvalue weighted by Crippen LogP contribution is -2.44. The number of benzene rings is 1. The molecule has 2 aromatic heterocycles. The van der Waals surface area contributed by atoms with E-state index < -0.39 is 0 Å². The SMILES string of the molecule is Cn1ncc2c1CCCC2NC(=O)N1CCc2c(nnn2-c2ccccc2)C1. The van der Waals surface area contributed by atoms with Gasteiger partial charge in [-0.05, 0) is 31.4 Å². The van der Waals surface area contributed by atoms with Gasteiger partial charge in [0.05, 0.1) is 30.2 Å². The number of fused-ring (bicyclic) bond motifs is 2. The van der Waals surface area contributed by atoms with Crippen LogP contribution in [0.25, 0.3) is 5.69 Å². The fourth-order valence-electron chi connectivity index (χ4n) is 4.25. The number of urea groups is 1. The third-order valence-corrected chi connectivity index (χ3v) is 5.76. The number of aromatic nitrogens is 5. The lowest BCUT2D eigenvalue weighted by atomic mass is 9.93. The minimum absolute atomic E-state index is 0.0337. The molecule has 0 fully saturated rings. The van der Waals surface area contributed by atoms with Gasteiger partial charge in [-0.2, -0.15) is 5.10 Å². The first-order valence-electron chi connectivity index (χ1n) is 9.76. The van der Waals surface area contributed by atoms with Crippen LogP contribution in [0.1, 0.15) is 41.5 Å². The predicted molar refractivity (Wildman–Crippen MR) is 103 cm³/mol. The highest BCUT2D eigenvalue weighted by molar-refractivity contribution is 5.75. The molecule has 3 aromatic rings. The van der Waals surface area contributed by atoms with Gasteiger partial charge in [-0.25, -0.2) is 9.48 Å². The fourth-order valence-corrected chi connectivity index (χ4v) is 4.25. The number of rotatable bonds is 2. The summed E-state index contributed by atoms with van der Waals surface area (Å²) in [5, 5.41) is 16.2. The molecule has 1 atom stereocenters. The molecule has 1 aromatic carbocycles. The quantitative estimate of drug-likeness (QED) is 0.742. The molecule has 1 unspecified atom stereocenters. The molecule has 0 bridgehead atoms.